The van der Waals surface area contributed by atoms with Gasteiger partial charge in [0.15, 0.2) is 5.78 Å². The topological polar surface area (TPSA) is 55.4 Å². The zero-order valence-electron chi connectivity index (χ0n) is 17.1. The van der Waals surface area contributed by atoms with Crippen molar-refractivity contribution in [3.63, 3.8) is 0 Å². The lowest BCUT2D eigenvalue weighted by atomic mass is 9.74. The largest absolute Gasteiger partial charge is 0.460 e. The van der Waals surface area contributed by atoms with E-state index in [9.17, 15) is 9.59 Å². The van der Waals surface area contributed by atoms with Gasteiger partial charge < -0.3 is 10.1 Å². The lowest BCUT2D eigenvalue weighted by molar-refractivity contribution is -0.143. The minimum atomic E-state index is -0.354. The van der Waals surface area contributed by atoms with Crippen molar-refractivity contribution in [1.29, 1.82) is 0 Å². The molecular weight excluding hydrogens is 402 g/mol. The maximum atomic E-state index is 13.4. The highest BCUT2D eigenvalue weighted by Gasteiger charge is 2.42. The molecule has 0 saturated heterocycles. The highest BCUT2D eigenvalue weighted by molar-refractivity contribution is 7.12. The summed E-state index contributed by atoms with van der Waals surface area (Å²) in [6.07, 6.45) is 1.05. The van der Waals surface area contributed by atoms with Crippen LogP contribution in [0.25, 0.3) is 0 Å². The van der Waals surface area contributed by atoms with Gasteiger partial charge in [-0.25, -0.2) is 4.79 Å². The Morgan fingerprint density at radius 1 is 1.17 bits per heavy atom. The zero-order valence-corrected chi connectivity index (χ0v) is 18.7. The Bertz CT molecular complexity index is 1010. The predicted octanol–water partition coefficient (Wildman–Crippen LogP) is 5.43. The number of allylic oxidation sites excluding steroid dienone is 3. The van der Waals surface area contributed by atoms with Crippen LogP contribution in [0.15, 0.2) is 52.2 Å². The number of esters is 1. The number of hydrogen-bond donors (Lipinski definition) is 1. The van der Waals surface area contributed by atoms with Crippen molar-refractivity contribution in [1.82, 2.24) is 5.32 Å². The highest BCUT2D eigenvalue weighted by Crippen LogP contribution is 2.47. The number of Topliss-reactive ketones (excluding diaryl/α,β-unsaturated/α-hetero) is 1. The highest BCUT2D eigenvalue weighted by atomic mass is 32.1. The maximum absolute atomic E-state index is 13.4. The van der Waals surface area contributed by atoms with E-state index in [1.807, 2.05) is 45.9 Å². The number of carbonyl (C=O) groups is 2. The van der Waals surface area contributed by atoms with Crippen LogP contribution in [0.5, 0.6) is 0 Å². The molecule has 4 rings (SSSR count). The van der Waals surface area contributed by atoms with Gasteiger partial charge in [0.1, 0.15) is 0 Å². The molecule has 0 unspecified atom stereocenters. The van der Waals surface area contributed by atoms with E-state index >= 15 is 0 Å². The lowest BCUT2D eigenvalue weighted by Gasteiger charge is -2.36. The average molecular weight is 428 g/mol. The second-order valence-corrected chi connectivity index (χ2v) is 10.2. The van der Waals surface area contributed by atoms with Crippen molar-refractivity contribution in [2.24, 2.45) is 0 Å². The van der Waals surface area contributed by atoms with E-state index in [4.69, 9.17) is 4.74 Å². The van der Waals surface area contributed by atoms with Crippen LogP contribution in [0.1, 0.15) is 60.1 Å². The third-order valence-corrected chi connectivity index (χ3v) is 7.48. The quantitative estimate of drug-likeness (QED) is 0.661. The smallest absolute Gasteiger partial charge is 0.337 e. The zero-order chi connectivity index (χ0) is 20.7. The molecule has 2 aromatic heterocycles. The van der Waals surface area contributed by atoms with Crippen LogP contribution in [-0.2, 0) is 14.3 Å². The van der Waals surface area contributed by atoms with Gasteiger partial charge in [0.25, 0.3) is 0 Å². The SMILES string of the molecule is CC1=C(C(=O)OC(C)C)[C@H](c2ccc(C)s2)C2=C(C[C@H](c3cccs3)CC2=O)N1. The first-order valence-electron chi connectivity index (χ1n) is 9.90. The molecule has 0 fully saturated rings. The molecule has 3 heterocycles. The van der Waals surface area contributed by atoms with Crippen molar-refractivity contribution in [2.75, 3.05) is 0 Å². The number of dihydropyridines is 1. The number of aryl methyl sites for hydroxylation is 1. The second kappa shape index (κ2) is 7.92. The van der Waals surface area contributed by atoms with Crippen molar-refractivity contribution in [2.45, 2.75) is 58.5 Å². The number of thiophene rings is 2. The number of nitrogens with one attached hydrogen (secondary N) is 1. The summed E-state index contributed by atoms with van der Waals surface area (Å²) in [6, 6.07) is 8.22. The molecule has 1 aliphatic heterocycles. The third kappa shape index (κ3) is 3.83. The molecule has 4 nitrogen and oxygen atoms in total. The minimum absolute atomic E-state index is 0.121. The molecular formula is C23H25NO3S2. The van der Waals surface area contributed by atoms with Crippen molar-refractivity contribution >= 4 is 34.4 Å². The van der Waals surface area contributed by atoms with Crippen molar-refractivity contribution in [3.05, 3.63) is 66.8 Å². The first-order chi connectivity index (χ1) is 13.8. The standard InChI is InChI=1S/C23H25NO3S2/c1-12(2)27-23(26)20-14(4)24-16-10-15(18-6-5-9-28-18)11-17(25)21(16)22(20)19-8-7-13(3)29-19/h5-9,12,15,22,24H,10-11H2,1-4H3/t15-,22-/m0/s1. The van der Waals surface area contributed by atoms with E-state index in [-0.39, 0.29) is 29.7 Å². The number of ether oxygens (including phenoxy) is 1. The summed E-state index contributed by atoms with van der Waals surface area (Å²) in [5.74, 6) is -0.388. The molecule has 2 atom stereocenters. The van der Waals surface area contributed by atoms with Gasteiger partial charge in [-0.1, -0.05) is 6.07 Å². The van der Waals surface area contributed by atoms with Crippen LogP contribution in [-0.4, -0.2) is 17.9 Å². The van der Waals surface area contributed by atoms with Crippen LogP contribution in [0.4, 0.5) is 0 Å². The van der Waals surface area contributed by atoms with E-state index in [0.29, 0.717) is 12.0 Å². The second-order valence-electron chi connectivity index (χ2n) is 7.94. The van der Waals surface area contributed by atoms with Gasteiger partial charge >= 0.3 is 5.97 Å². The first kappa shape index (κ1) is 20.1. The Hall–Kier alpha value is -2.18. The van der Waals surface area contributed by atoms with E-state index in [1.54, 1.807) is 22.7 Å². The van der Waals surface area contributed by atoms with Gasteiger partial charge in [0.05, 0.1) is 17.6 Å². The lowest BCUT2D eigenvalue weighted by Crippen LogP contribution is -2.36. The Kier molecular flexibility index (Phi) is 5.49. The Labute approximate surface area is 179 Å². The molecule has 2 aromatic rings. The van der Waals surface area contributed by atoms with Crippen LogP contribution in [0.2, 0.25) is 0 Å². The van der Waals surface area contributed by atoms with E-state index in [0.717, 1.165) is 33.1 Å². The molecule has 0 amide bonds. The molecule has 0 saturated carbocycles. The Morgan fingerprint density at radius 2 is 1.97 bits per heavy atom. The number of carbonyl (C=O) groups excluding carboxylic acids is 2. The summed E-state index contributed by atoms with van der Waals surface area (Å²) in [5, 5.41) is 5.45. The summed E-state index contributed by atoms with van der Waals surface area (Å²) >= 11 is 3.34. The summed E-state index contributed by atoms with van der Waals surface area (Å²) in [5.41, 5.74) is 3.03. The van der Waals surface area contributed by atoms with Gasteiger partial charge in [-0.15, -0.1) is 22.7 Å². The molecule has 29 heavy (non-hydrogen) atoms. The number of hydrogen-bond acceptors (Lipinski definition) is 6. The summed E-state index contributed by atoms with van der Waals surface area (Å²) in [6.45, 7) is 7.64. The van der Waals surface area contributed by atoms with Gasteiger partial charge in [-0.2, -0.15) is 0 Å². The first-order valence-corrected chi connectivity index (χ1v) is 11.6. The van der Waals surface area contributed by atoms with Gasteiger partial charge in [-0.3, -0.25) is 4.79 Å². The fourth-order valence-corrected chi connectivity index (χ4v) is 6.03. The van der Waals surface area contributed by atoms with E-state index < -0.39 is 0 Å². The molecule has 0 spiro atoms. The summed E-state index contributed by atoms with van der Waals surface area (Å²) < 4.78 is 5.55. The van der Waals surface area contributed by atoms with Gasteiger partial charge in [0.2, 0.25) is 0 Å². The number of ketones is 1. The third-order valence-electron chi connectivity index (χ3n) is 5.38. The predicted molar refractivity (Wildman–Crippen MR) is 117 cm³/mol. The molecule has 152 valence electrons. The van der Waals surface area contributed by atoms with E-state index in [2.05, 4.69) is 16.8 Å². The fraction of sp³-hybridized carbons (Fsp3) is 0.391. The van der Waals surface area contributed by atoms with E-state index in [1.165, 1.54) is 4.88 Å². The van der Waals surface area contributed by atoms with Gasteiger partial charge in [-0.05, 0) is 57.7 Å². The molecule has 0 radical (unpaired) electrons. The van der Waals surface area contributed by atoms with Crippen LogP contribution >= 0.6 is 22.7 Å². The normalized spacial score (nSPS) is 22.0. The Balaban J connectivity index is 1.79. The maximum Gasteiger partial charge on any atom is 0.337 e. The fourth-order valence-electron chi connectivity index (χ4n) is 4.21. The molecule has 2 aliphatic rings. The summed E-state index contributed by atoms with van der Waals surface area (Å²) in [7, 11) is 0. The van der Waals surface area contributed by atoms with Crippen molar-refractivity contribution < 1.29 is 14.3 Å². The van der Waals surface area contributed by atoms with Crippen LogP contribution in [0.3, 0.4) is 0 Å². The monoisotopic (exact) mass is 427 g/mol. The average Bonchev–Trinajstić information content (AvgIpc) is 3.31. The van der Waals surface area contributed by atoms with Crippen LogP contribution in [0, 0.1) is 6.92 Å². The molecule has 0 bridgehead atoms. The Morgan fingerprint density at radius 3 is 2.59 bits per heavy atom. The minimum Gasteiger partial charge on any atom is -0.460 e. The molecule has 0 aromatic carbocycles. The van der Waals surface area contributed by atoms with Crippen molar-refractivity contribution in [3.8, 4) is 0 Å². The number of rotatable bonds is 4. The van der Waals surface area contributed by atoms with Gasteiger partial charge in [0, 0.05) is 43.9 Å². The molecule has 1 N–H and O–H groups in total. The molecule has 6 heteroatoms. The molecule has 1 aliphatic carbocycles. The van der Waals surface area contributed by atoms with Crippen LogP contribution < -0.4 is 5.32 Å². The summed E-state index contributed by atoms with van der Waals surface area (Å²) in [4.78, 5) is 29.8.